The smallest absolute Gasteiger partial charge is 0.255 e. The van der Waals surface area contributed by atoms with E-state index in [9.17, 15) is 9.59 Å². The summed E-state index contributed by atoms with van der Waals surface area (Å²) in [5.74, 6) is 0.673. The van der Waals surface area contributed by atoms with Crippen LogP contribution < -0.4 is 10.9 Å². The lowest BCUT2D eigenvalue weighted by molar-refractivity contribution is -0.116. The summed E-state index contributed by atoms with van der Waals surface area (Å²) >= 11 is 3.29. The van der Waals surface area contributed by atoms with Crippen LogP contribution in [-0.2, 0) is 4.79 Å². The lowest BCUT2D eigenvalue weighted by Gasteiger charge is -2.09. The maximum atomic E-state index is 11.9. The Hall–Kier alpha value is -1.96. The average Bonchev–Trinajstić information content (AvgIpc) is 2.82. The Morgan fingerprint density at radius 2 is 2.14 bits per heavy atom. The van der Waals surface area contributed by atoms with Crippen LogP contribution in [0.5, 0.6) is 0 Å². The molecular weight excluding hydrogens is 350 g/mol. The van der Waals surface area contributed by atoms with E-state index in [0.29, 0.717) is 23.5 Å². The standard InChI is InChI=1S/C14H18BrN5O2/c1-8-7-11(17-12(21)5-4-6-15)20(19-8)14-16-10(3)9(2)13(22)18-14/h7H,4-6H2,1-3H3,(H,17,21)(H,16,18,22). The van der Waals surface area contributed by atoms with E-state index in [-0.39, 0.29) is 17.4 Å². The van der Waals surface area contributed by atoms with E-state index in [1.807, 2.05) is 6.92 Å². The van der Waals surface area contributed by atoms with Crippen LogP contribution in [0.4, 0.5) is 5.82 Å². The molecule has 0 spiro atoms. The first-order chi connectivity index (χ1) is 10.4. The number of rotatable bonds is 5. The second-order valence-corrected chi connectivity index (χ2v) is 5.82. The van der Waals surface area contributed by atoms with Crippen molar-refractivity contribution in [3.8, 4) is 5.95 Å². The van der Waals surface area contributed by atoms with Crippen LogP contribution in [0, 0.1) is 20.8 Å². The van der Waals surface area contributed by atoms with E-state index in [1.165, 1.54) is 4.68 Å². The van der Waals surface area contributed by atoms with Gasteiger partial charge in [0.15, 0.2) is 0 Å². The molecular formula is C14H18BrN5O2. The molecule has 8 heteroatoms. The molecule has 2 aromatic heterocycles. The maximum Gasteiger partial charge on any atom is 0.255 e. The monoisotopic (exact) mass is 367 g/mol. The molecule has 118 valence electrons. The van der Waals surface area contributed by atoms with Crippen molar-refractivity contribution in [2.45, 2.75) is 33.6 Å². The highest BCUT2D eigenvalue weighted by Gasteiger charge is 2.14. The molecule has 2 N–H and O–H groups in total. The third-order valence-corrected chi connectivity index (χ3v) is 3.78. The number of nitrogens with zero attached hydrogens (tertiary/aromatic N) is 3. The molecule has 0 bridgehead atoms. The van der Waals surface area contributed by atoms with E-state index in [2.05, 4.69) is 36.3 Å². The summed E-state index contributed by atoms with van der Waals surface area (Å²) in [6.07, 6.45) is 1.16. The van der Waals surface area contributed by atoms with E-state index >= 15 is 0 Å². The van der Waals surface area contributed by atoms with Crippen LogP contribution >= 0.6 is 15.9 Å². The van der Waals surface area contributed by atoms with Gasteiger partial charge in [-0.25, -0.2) is 4.98 Å². The zero-order valence-electron chi connectivity index (χ0n) is 12.7. The molecule has 7 nitrogen and oxygen atoms in total. The lowest BCUT2D eigenvalue weighted by atomic mass is 10.3. The highest BCUT2D eigenvalue weighted by atomic mass is 79.9. The van der Waals surface area contributed by atoms with Crippen molar-refractivity contribution in [2.24, 2.45) is 0 Å². The first-order valence-corrected chi connectivity index (χ1v) is 8.05. The van der Waals surface area contributed by atoms with Crippen molar-refractivity contribution >= 4 is 27.7 Å². The topological polar surface area (TPSA) is 92.7 Å². The predicted octanol–water partition coefficient (Wildman–Crippen LogP) is 1.99. The molecule has 0 aliphatic heterocycles. The number of aromatic nitrogens is 4. The summed E-state index contributed by atoms with van der Waals surface area (Å²) in [7, 11) is 0. The minimum absolute atomic E-state index is 0.105. The van der Waals surface area contributed by atoms with Crippen LogP contribution in [0.1, 0.15) is 29.8 Å². The predicted molar refractivity (Wildman–Crippen MR) is 87.8 cm³/mol. The molecule has 1 amide bonds. The van der Waals surface area contributed by atoms with Gasteiger partial charge in [0, 0.05) is 29.1 Å². The quantitative estimate of drug-likeness (QED) is 0.790. The summed E-state index contributed by atoms with van der Waals surface area (Å²) < 4.78 is 1.44. The summed E-state index contributed by atoms with van der Waals surface area (Å²) in [5, 5.41) is 7.85. The summed E-state index contributed by atoms with van der Waals surface area (Å²) in [5.41, 5.74) is 1.70. The number of hydrogen-bond donors (Lipinski definition) is 2. The van der Waals surface area contributed by atoms with Crippen molar-refractivity contribution in [3.05, 3.63) is 33.4 Å². The average molecular weight is 368 g/mol. The number of carbonyl (C=O) groups is 1. The molecule has 0 radical (unpaired) electrons. The first-order valence-electron chi connectivity index (χ1n) is 6.92. The molecule has 0 unspecified atom stereocenters. The van der Waals surface area contributed by atoms with Crippen LogP contribution in [0.15, 0.2) is 10.9 Å². The number of carbonyl (C=O) groups excluding carboxylic acids is 1. The number of anilines is 1. The van der Waals surface area contributed by atoms with E-state index in [1.54, 1.807) is 19.9 Å². The fourth-order valence-corrected chi connectivity index (χ4v) is 2.19. The van der Waals surface area contributed by atoms with Gasteiger partial charge in [0.2, 0.25) is 11.9 Å². The molecule has 2 aromatic rings. The zero-order chi connectivity index (χ0) is 16.3. The van der Waals surface area contributed by atoms with E-state index < -0.39 is 0 Å². The third kappa shape index (κ3) is 3.62. The van der Waals surface area contributed by atoms with Gasteiger partial charge >= 0.3 is 0 Å². The second kappa shape index (κ2) is 6.87. The Morgan fingerprint density at radius 3 is 2.77 bits per heavy atom. The van der Waals surface area contributed by atoms with Gasteiger partial charge in [-0.2, -0.15) is 9.78 Å². The molecule has 0 aliphatic carbocycles. The van der Waals surface area contributed by atoms with Crippen molar-refractivity contribution in [3.63, 3.8) is 0 Å². The molecule has 22 heavy (non-hydrogen) atoms. The number of aryl methyl sites for hydroxylation is 2. The van der Waals surface area contributed by atoms with Crippen LogP contribution in [0.3, 0.4) is 0 Å². The van der Waals surface area contributed by atoms with Gasteiger partial charge in [-0.1, -0.05) is 15.9 Å². The van der Waals surface area contributed by atoms with Crippen LogP contribution in [-0.4, -0.2) is 31.0 Å². The minimum atomic E-state index is -0.216. The Morgan fingerprint density at radius 1 is 1.41 bits per heavy atom. The zero-order valence-corrected chi connectivity index (χ0v) is 14.3. The summed E-state index contributed by atoms with van der Waals surface area (Å²) in [6, 6.07) is 1.74. The second-order valence-electron chi connectivity index (χ2n) is 5.02. The van der Waals surface area contributed by atoms with E-state index in [0.717, 1.165) is 17.4 Å². The summed E-state index contributed by atoms with van der Waals surface area (Å²) in [4.78, 5) is 30.8. The largest absolute Gasteiger partial charge is 0.310 e. The Kier molecular flexibility index (Phi) is 5.12. The van der Waals surface area contributed by atoms with Crippen molar-refractivity contribution < 1.29 is 4.79 Å². The number of nitrogens with one attached hydrogen (secondary N) is 2. The fraction of sp³-hybridized carbons (Fsp3) is 0.429. The molecule has 2 heterocycles. The fourth-order valence-electron chi connectivity index (χ4n) is 1.91. The maximum absolute atomic E-state index is 11.9. The highest BCUT2D eigenvalue weighted by Crippen LogP contribution is 2.15. The van der Waals surface area contributed by atoms with Crippen molar-refractivity contribution in [1.29, 1.82) is 0 Å². The van der Waals surface area contributed by atoms with E-state index in [4.69, 9.17) is 0 Å². The third-order valence-electron chi connectivity index (χ3n) is 3.22. The molecule has 0 aliphatic rings. The number of halogens is 1. The molecule has 0 saturated heterocycles. The van der Waals surface area contributed by atoms with Crippen molar-refractivity contribution in [1.82, 2.24) is 19.7 Å². The number of H-pyrrole nitrogens is 1. The normalized spacial score (nSPS) is 10.7. The van der Waals surface area contributed by atoms with Gasteiger partial charge in [-0.15, -0.1) is 0 Å². The van der Waals surface area contributed by atoms with Gasteiger partial charge in [-0.05, 0) is 27.2 Å². The van der Waals surface area contributed by atoms with Crippen molar-refractivity contribution in [2.75, 3.05) is 10.6 Å². The number of aromatic amines is 1. The van der Waals surface area contributed by atoms with Crippen LogP contribution in [0.2, 0.25) is 0 Å². The molecule has 0 fully saturated rings. The lowest BCUT2D eigenvalue weighted by Crippen LogP contribution is -2.20. The molecule has 0 saturated carbocycles. The SMILES string of the molecule is Cc1cc(NC(=O)CCCBr)n(-c2nc(C)c(C)c(=O)[nH]2)n1. The Bertz CT molecular complexity index is 750. The first kappa shape index (κ1) is 16.4. The van der Waals surface area contributed by atoms with Crippen LogP contribution in [0.25, 0.3) is 5.95 Å². The number of alkyl halides is 1. The van der Waals surface area contributed by atoms with Gasteiger partial charge in [0.05, 0.1) is 5.69 Å². The molecule has 2 rings (SSSR count). The van der Waals surface area contributed by atoms with Gasteiger partial charge in [0.25, 0.3) is 5.56 Å². The van der Waals surface area contributed by atoms with Gasteiger partial charge in [-0.3, -0.25) is 14.6 Å². The van der Waals surface area contributed by atoms with Gasteiger partial charge in [0.1, 0.15) is 5.82 Å². The molecule has 0 atom stereocenters. The minimum Gasteiger partial charge on any atom is -0.310 e. The van der Waals surface area contributed by atoms with Gasteiger partial charge < -0.3 is 5.32 Å². The Labute approximate surface area is 136 Å². The number of hydrogen-bond acceptors (Lipinski definition) is 4. The number of amides is 1. The Balaban J connectivity index is 2.36. The summed E-state index contributed by atoms with van der Waals surface area (Å²) in [6.45, 7) is 5.28. The highest BCUT2D eigenvalue weighted by molar-refractivity contribution is 9.09. The molecule has 0 aromatic carbocycles.